The number of rotatable bonds is 8. The van der Waals surface area contributed by atoms with Crippen molar-refractivity contribution in [2.24, 2.45) is 0 Å². The van der Waals surface area contributed by atoms with Crippen molar-refractivity contribution >= 4 is 5.97 Å². The van der Waals surface area contributed by atoms with Crippen molar-refractivity contribution in [1.82, 2.24) is 0 Å². The smallest absolute Gasteiger partial charge is 0.303 e. The van der Waals surface area contributed by atoms with Crippen molar-refractivity contribution in [3.05, 3.63) is 83.6 Å². The summed E-state index contributed by atoms with van der Waals surface area (Å²) < 4.78 is 22.8. The van der Waals surface area contributed by atoms with Gasteiger partial charge >= 0.3 is 5.97 Å². The minimum Gasteiger partial charge on any atom is -0.493 e. The quantitative estimate of drug-likeness (QED) is 0.666. The van der Waals surface area contributed by atoms with Gasteiger partial charge in [-0.25, -0.2) is 0 Å². The third kappa shape index (κ3) is 6.24. The van der Waals surface area contributed by atoms with E-state index in [4.69, 9.17) is 18.9 Å². The van der Waals surface area contributed by atoms with E-state index in [0.717, 1.165) is 11.1 Å². The topological polar surface area (TPSA) is 54.0 Å². The van der Waals surface area contributed by atoms with Gasteiger partial charge in [0, 0.05) is 6.92 Å². The minimum atomic E-state index is -0.490. The summed E-state index contributed by atoms with van der Waals surface area (Å²) in [6.07, 6.45) is 0.924. The Morgan fingerprint density at radius 3 is 2.22 bits per heavy atom. The van der Waals surface area contributed by atoms with Crippen LogP contribution < -0.4 is 0 Å². The molecule has 27 heavy (non-hydrogen) atoms. The molecule has 1 aliphatic heterocycles. The Bertz CT molecular complexity index is 742. The maximum absolute atomic E-state index is 11.5. The lowest BCUT2D eigenvalue weighted by Crippen LogP contribution is -2.39. The zero-order chi connectivity index (χ0) is 18.9. The Labute approximate surface area is 159 Å². The Morgan fingerprint density at radius 2 is 1.59 bits per heavy atom. The predicted octanol–water partition coefficient (Wildman–Crippen LogP) is 3.63. The first kappa shape index (κ1) is 19.1. The number of ether oxygens (including phenoxy) is 4. The molecule has 0 aromatic heterocycles. The fourth-order valence-electron chi connectivity index (χ4n) is 2.78. The molecule has 0 N–H and O–H groups in total. The van der Waals surface area contributed by atoms with Crippen LogP contribution in [-0.4, -0.2) is 31.4 Å². The Hall–Kier alpha value is -2.63. The first-order chi connectivity index (χ1) is 13.2. The van der Waals surface area contributed by atoms with Crippen LogP contribution in [0.25, 0.3) is 0 Å². The fraction of sp³-hybridized carbons (Fsp3) is 0.318. The van der Waals surface area contributed by atoms with E-state index in [1.807, 2.05) is 60.7 Å². The number of benzene rings is 2. The van der Waals surface area contributed by atoms with Gasteiger partial charge in [0.2, 0.25) is 0 Å². The predicted molar refractivity (Wildman–Crippen MR) is 101 cm³/mol. The van der Waals surface area contributed by atoms with Gasteiger partial charge in [-0.05, 0) is 17.2 Å². The van der Waals surface area contributed by atoms with E-state index in [2.05, 4.69) is 0 Å². The van der Waals surface area contributed by atoms with Crippen molar-refractivity contribution in [3.8, 4) is 0 Å². The molecule has 1 heterocycles. The number of hydrogen-bond acceptors (Lipinski definition) is 5. The molecule has 0 amide bonds. The fourth-order valence-corrected chi connectivity index (χ4v) is 2.78. The van der Waals surface area contributed by atoms with E-state index >= 15 is 0 Å². The Balaban J connectivity index is 1.55. The number of esters is 1. The first-order valence-corrected chi connectivity index (χ1v) is 8.98. The molecule has 0 unspecified atom stereocenters. The van der Waals surface area contributed by atoms with Crippen LogP contribution in [0.2, 0.25) is 0 Å². The average Bonchev–Trinajstić information content (AvgIpc) is 2.68. The number of carbonyl (C=O) groups excluding carboxylic acids is 1. The van der Waals surface area contributed by atoms with Gasteiger partial charge in [-0.15, -0.1) is 0 Å². The Morgan fingerprint density at radius 1 is 0.963 bits per heavy atom. The normalized spacial score (nSPS) is 19.1. The van der Waals surface area contributed by atoms with Crippen molar-refractivity contribution in [3.63, 3.8) is 0 Å². The molecule has 0 spiro atoms. The maximum Gasteiger partial charge on any atom is 0.303 e. The van der Waals surface area contributed by atoms with Gasteiger partial charge < -0.3 is 18.9 Å². The van der Waals surface area contributed by atoms with Gasteiger partial charge in [0.25, 0.3) is 0 Å². The zero-order valence-corrected chi connectivity index (χ0v) is 15.4. The summed E-state index contributed by atoms with van der Waals surface area (Å²) in [5, 5.41) is 0. The van der Waals surface area contributed by atoms with Gasteiger partial charge in [-0.3, -0.25) is 4.79 Å². The van der Waals surface area contributed by atoms with E-state index in [1.54, 1.807) is 6.08 Å². The average molecular weight is 368 g/mol. The zero-order valence-electron chi connectivity index (χ0n) is 15.4. The second-order valence-corrected chi connectivity index (χ2v) is 6.33. The molecule has 0 radical (unpaired) electrons. The summed E-state index contributed by atoms with van der Waals surface area (Å²) in [6, 6.07) is 19.8. The van der Waals surface area contributed by atoms with Crippen molar-refractivity contribution < 1.29 is 23.7 Å². The monoisotopic (exact) mass is 368 g/mol. The highest BCUT2D eigenvalue weighted by atomic mass is 16.6. The molecule has 0 bridgehead atoms. The molecule has 5 heteroatoms. The molecule has 3 rings (SSSR count). The third-order valence-corrected chi connectivity index (χ3v) is 4.11. The number of hydrogen-bond donors (Lipinski definition) is 0. The summed E-state index contributed by atoms with van der Waals surface area (Å²) in [5.41, 5.74) is 2.15. The Kier molecular flexibility index (Phi) is 7.02. The van der Waals surface area contributed by atoms with Gasteiger partial charge in [0.15, 0.2) is 6.10 Å². The molecule has 0 saturated carbocycles. The molecule has 0 saturated heterocycles. The first-order valence-electron chi connectivity index (χ1n) is 8.98. The van der Waals surface area contributed by atoms with Crippen LogP contribution in [0.1, 0.15) is 18.1 Å². The third-order valence-electron chi connectivity index (χ3n) is 4.11. The minimum absolute atomic E-state index is 0.311. The molecule has 0 aliphatic carbocycles. The lowest BCUT2D eigenvalue weighted by molar-refractivity contribution is -0.156. The van der Waals surface area contributed by atoms with Crippen LogP contribution in [-0.2, 0) is 37.0 Å². The van der Waals surface area contributed by atoms with Crippen LogP contribution in [0, 0.1) is 0 Å². The van der Waals surface area contributed by atoms with E-state index in [1.165, 1.54) is 6.92 Å². The lowest BCUT2D eigenvalue weighted by Gasteiger charge is -2.30. The van der Waals surface area contributed by atoms with Gasteiger partial charge in [0.1, 0.15) is 25.1 Å². The van der Waals surface area contributed by atoms with E-state index in [0.29, 0.717) is 32.2 Å². The molecular formula is C22H24O5. The van der Waals surface area contributed by atoms with Crippen LogP contribution in [0.4, 0.5) is 0 Å². The maximum atomic E-state index is 11.5. The highest BCUT2D eigenvalue weighted by Gasteiger charge is 2.29. The summed E-state index contributed by atoms with van der Waals surface area (Å²) in [6.45, 7) is 2.94. The lowest BCUT2D eigenvalue weighted by atomic mass is 10.1. The SMILES string of the molecule is CC(=O)O[C@H]1C=C(COCc2ccccc2)OC[C@@H]1OCc1ccccc1. The standard InChI is InChI=1S/C22H24O5/c1-17(23)27-21-12-20(15-24-13-18-8-4-2-5-9-18)25-16-22(21)26-14-19-10-6-3-7-11-19/h2-12,21-22H,13-16H2,1H3/t21-,22-/m0/s1. The van der Waals surface area contributed by atoms with Crippen molar-refractivity contribution in [2.75, 3.05) is 13.2 Å². The second-order valence-electron chi connectivity index (χ2n) is 6.33. The van der Waals surface area contributed by atoms with Crippen molar-refractivity contribution in [2.45, 2.75) is 32.3 Å². The highest BCUT2D eigenvalue weighted by molar-refractivity contribution is 5.66. The van der Waals surface area contributed by atoms with Gasteiger partial charge in [-0.2, -0.15) is 0 Å². The van der Waals surface area contributed by atoms with Crippen LogP contribution in [0.5, 0.6) is 0 Å². The van der Waals surface area contributed by atoms with Gasteiger partial charge in [0.05, 0.1) is 13.2 Å². The van der Waals surface area contributed by atoms with E-state index in [-0.39, 0.29) is 12.1 Å². The molecule has 0 fully saturated rings. The molecule has 1 aliphatic rings. The second kappa shape index (κ2) is 9.90. The van der Waals surface area contributed by atoms with Gasteiger partial charge in [-0.1, -0.05) is 60.7 Å². The van der Waals surface area contributed by atoms with E-state index < -0.39 is 6.10 Å². The molecular weight excluding hydrogens is 344 g/mol. The van der Waals surface area contributed by atoms with Crippen LogP contribution in [0.15, 0.2) is 72.5 Å². The molecule has 2 aromatic rings. The highest BCUT2D eigenvalue weighted by Crippen LogP contribution is 2.19. The molecule has 2 atom stereocenters. The summed E-state index contributed by atoms with van der Waals surface area (Å²) in [4.78, 5) is 11.5. The summed E-state index contributed by atoms with van der Waals surface area (Å²) >= 11 is 0. The largest absolute Gasteiger partial charge is 0.493 e. The van der Waals surface area contributed by atoms with E-state index in [9.17, 15) is 4.79 Å². The van der Waals surface area contributed by atoms with Crippen LogP contribution in [0.3, 0.4) is 0 Å². The summed E-state index contributed by atoms with van der Waals surface area (Å²) in [5.74, 6) is 0.299. The molecule has 2 aromatic carbocycles. The summed E-state index contributed by atoms with van der Waals surface area (Å²) in [7, 11) is 0. The molecule has 5 nitrogen and oxygen atoms in total. The molecule has 142 valence electrons. The number of carbonyl (C=O) groups is 1. The van der Waals surface area contributed by atoms with Crippen LogP contribution >= 0.6 is 0 Å². The van der Waals surface area contributed by atoms with Crippen molar-refractivity contribution in [1.29, 1.82) is 0 Å².